The number of fused-ring (bicyclic) bond motifs is 3. The summed E-state index contributed by atoms with van der Waals surface area (Å²) in [4.78, 5) is 28.4. The molecule has 3 heterocycles. The first-order valence-corrected chi connectivity index (χ1v) is 10.4. The van der Waals surface area contributed by atoms with Gasteiger partial charge in [0, 0.05) is 41.0 Å². The Morgan fingerprint density at radius 3 is 3.10 bits per heavy atom. The number of carbonyl (C=O) groups is 1. The van der Waals surface area contributed by atoms with E-state index in [4.69, 9.17) is 9.84 Å². The zero-order chi connectivity index (χ0) is 20.4. The van der Waals surface area contributed by atoms with Gasteiger partial charge in [-0.25, -0.2) is 4.79 Å². The summed E-state index contributed by atoms with van der Waals surface area (Å²) in [6, 6.07) is 5.68. The fraction of sp³-hybridized carbons (Fsp3) is 0.333. The van der Waals surface area contributed by atoms with Gasteiger partial charge < -0.3 is 20.1 Å². The lowest BCUT2D eigenvalue weighted by Crippen LogP contribution is -2.47. The molecule has 0 spiro atoms. The minimum atomic E-state index is -0.971. The maximum Gasteiger partial charge on any atom is 0.404 e. The topological polar surface area (TPSA) is 94.7 Å². The van der Waals surface area contributed by atoms with E-state index >= 15 is 0 Å². The fourth-order valence-electron chi connectivity index (χ4n) is 4.03. The van der Waals surface area contributed by atoms with Gasteiger partial charge >= 0.3 is 6.09 Å². The Hall–Kier alpha value is -2.84. The molecule has 1 amide bonds. The number of piperidine rings is 1. The van der Waals surface area contributed by atoms with E-state index < -0.39 is 6.09 Å². The summed E-state index contributed by atoms with van der Waals surface area (Å²) in [7, 11) is 1.64. The molecule has 1 unspecified atom stereocenters. The van der Waals surface area contributed by atoms with Crippen LogP contribution in [0.15, 0.2) is 34.4 Å². The summed E-state index contributed by atoms with van der Waals surface area (Å²) in [6.07, 6.45) is 4.97. The molecule has 2 aromatic heterocycles. The van der Waals surface area contributed by atoms with Gasteiger partial charge in [-0.2, -0.15) is 0 Å². The smallest absolute Gasteiger partial charge is 0.404 e. The monoisotopic (exact) mass is 413 g/mol. The first kappa shape index (κ1) is 19.5. The van der Waals surface area contributed by atoms with Crippen LogP contribution >= 0.6 is 11.3 Å². The molecule has 0 bridgehead atoms. The van der Waals surface area contributed by atoms with Crippen LogP contribution in [-0.2, 0) is 0 Å². The second kappa shape index (κ2) is 8.26. The van der Waals surface area contributed by atoms with Crippen LogP contribution in [-0.4, -0.2) is 53.9 Å². The molecule has 1 fully saturated rings. The second-order valence-electron chi connectivity index (χ2n) is 7.17. The molecule has 8 heteroatoms. The van der Waals surface area contributed by atoms with Gasteiger partial charge in [0.25, 0.3) is 5.56 Å². The summed E-state index contributed by atoms with van der Waals surface area (Å²) in [6.45, 7) is 2.36. The Labute approximate surface area is 171 Å². The Balaban J connectivity index is 1.64. The van der Waals surface area contributed by atoms with Gasteiger partial charge in [0.15, 0.2) is 0 Å². The van der Waals surface area contributed by atoms with Crippen molar-refractivity contribution in [3.8, 4) is 5.75 Å². The number of methoxy groups -OCH3 is 1. The molecule has 1 aliphatic rings. The molecule has 1 aromatic carbocycles. The van der Waals surface area contributed by atoms with Crippen LogP contribution in [0.1, 0.15) is 18.4 Å². The minimum Gasteiger partial charge on any atom is -0.496 e. The Kier molecular flexibility index (Phi) is 5.55. The number of benzene rings is 1. The van der Waals surface area contributed by atoms with E-state index in [0.29, 0.717) is 17.8 Å². The van der Waals surface area contributed by atoms with Gasteiger partial charge in [0.2, 0.25) is 0 Å². The molecular formula is C21H23N3O4S. The third-order valence-electron chi connectivity index (χ3n) is 5.30. The van der Waals surface area contributed by atoms with Gasteiger partial charge in [-0.15, -0.1) is 11.3 Å². The zero-order valence-electron chi connectivity index (χ0n) is 16.1. The van der Waals surface area contributed by atoms with E-state index in [1.165, 1.54) is 11.3 Å². The van der Waals surface area contributed by atoms with Crippen molar-refractivity contribution in [3.63, 3.8) is 0 Å². The zero-order valence-corrected chi connectivity index (χ0v) is 16.9. The molecule has 1 aliphatic heterocycles. The molecule has 0 aliphatic carbocycles. The van der Waals surface area contributed by atoms with Gasteiger partial charge in [-0.3, -0.25) is 9.69 Å². The summed E-state index contributed by atoms with van der Waals surface area (Å²) in [5.74, 6) is 0.748. The number of likely N-dealkylation sites (tertiary alicyclic amines) is 1. The predicted octanol–water partition coefficient (Wildman–Crippen LogP) is 3.50. The molecule has 0 saturated carbocycles. The molecular weight excluding hydrogens is 390 g/mol. The van der Waals surface area contributed by atoms with Gasteiger partial charge in [0.1, 0.15) is 10.4 Å². The number of aromatic amines is 1. The number of rotatable bonds is 5. The number of carboxylic acid groups (broad SMARTS) is 1. The van der Waals surface area contributed by atoms with Crippen LogP contribution in [0.25, 0.3) is 27.1 Å². The van der Waals surface area contributed by atoms with E-state index in [1.54, 1.807) is 7.11 Å². The molecule has 7 nitrogen and oxygen atoms in total. The fourth-order valence-corrected chi connectivity index (χ4v) is 4.83. The second-order valence-corrected chi connectivity index (χ2v) is 8.09. The van der Waals surface area contributed by atoms with Crippen LogP contribution in [0.2, 0.25) is 0 Å². The number of amides is 1. The lowest BCUT2D eigenvalue weighted by molar-refractivity contribution is 0.169. The molecule has 1 saturated heterocycles. The molecule has 3 aromatic rings. The maximum absolute atomic E-state index is 12.3. The van der Waals surface area contributed by atoms with Crippen LogP contribution in [0.4, 0.5) is 4.79 Å². The molecule has 0 radical (unpaired) electrons. The van der Waals surface area contributed by atoms with Crippen molar-refractivity contribution < 1.29 is 14.6 Å². The van der Waals surface area contributed by atoms with Crippen molar-refractivity contribution in [3.05, 3.63) is 45.6 Å². The van der Waals surface area contributed by atoms with E-state index in [-0.39, 0.29) is 11.6 Å². The molecule has 1 atom stereocenters. The van der Waals surface area contributed by atoms with Crippen molar-refractivity contribution in [2.75, 3.05) is 26.7 Å². The normalized spacial score (nSPS) is 17.9. The SMILES string of the molecule is COc1ccc2[nH]c(=O)c3sccc3c2c1/C=C/CN1CCCC(NC(=O)O)C1. The van der Waals surface area contributed by atoms with Crippen LogP contribution in [0.3, 0.4) is 0 Å². The molecule has 4 rings (SSSR count). The Morgan fingerprint density at radius 2 is 2.31 bits per heavy atom. The highest BCUT2D eigenvalue weighted by atomic mass is 32.1. The number of thiophene rings is 1. The quantitative estimate of drug-likeness (QED) is 0.595. The van der Waals surface area contributed by atoms with E-state index in [2.05, 4.69) is 21.3 Å². The number of hydrogen-bond acceptors (Lipinski definition) is 5. The van der Waals surface area contributed by atoms with Crippen LogP contribution in [0.5, 0.6) is 5.75 Å². The highest BCUT2D eigenvalue weighted by Gasteiger charge is 2.20. The first-order valence-electron chi connectivity index (χ1n) is 9.55. The third kappa shape index (κ3) is 3.99. The van der Waals surface area contributed by atoms with Gasteiger partial charge in [-0.05, 0) is 43.0 Å². The van der Waals surface area contributed by atoms with E-state index in [0.717, 1.165) is 47.0 Å². The largest absolute Gasteiger partial charge is 0.496 e. The van der Waals surface area contributed by atoms with Crippen molar-refractivity contribution in [2.45, 2.75) is 18.9 Å². The number of nitrogens with one attached hydrogen (secondary N) is 2. The number of H-pyrrole nitrogens is 1. The van der Waals surface area contributed by atoms with Gasteiger partial charge in [0.05, 0.1) is 7.11 Å². The number of hydrogen-bond donors (Lipinski definition) is 3. The molecule has 29 heavy (non-hydrogen) atoms. The predicted molar refractivity (Wildman–Crippen MR) is 116 cm³/mol. The summed E-state index contributed by atoms with van der Waals surface area (Å²) < 4.78 is 6.29. The Bertz CT molecular complexity index is 1130. The van der Waals surface area contributed by atoms with Crippen molar-refractivity contribution >= 4 is 44.5 Å². The highest BCUT2D eigenvalue weighted by molar-refractivity contribution is 7.17. The average molecular weight is 413 g/mol. The van der Waals surface area contributed by atoms with Crippen LogP contribution in [0, 0.1) is 0 Å². The van der Waals surface area contributed by atoms with Crippen molar-refractivity contribution in [1.82, 2.24) is 15.2 Å². The molecule has 3 N–H and O–H groups in total. The number of pyridine rings is 1. The number of aromatic nitrogens is 1. The Morgan fingerprint density at radius 1 is 1.45 bits per heavy atom. The summed E-state index contributed by atoms with van der Waals surface area (Å²) in [5, 5.41) is 15.4. The number of nitrogens with zero attached hydrogens (tertiary/aromatic N) is 1. The lowest BCUT2D eigenvalue weighted by Gasteiger charge is -2.31. The van der Waals surface area contributed by atoms with Crippen molar-refractivity contribution in [2.24, 2.45) is 0 Å². The highest BCUT2D eigenvalue weighted by Crippen LogP contribution is 2.34. The summed E-state index contributed by atoms with van der Waals surface area (Å²) in [5.41, 5.74) is 1.64. The molecule has 152 valence electrons. The van der Waals surface area contributed by atoms with Crippen LogP contribution < -0.4 is 15.6 Å². The average Bonchev–Trinajstić information content (AvgIpc) is 3.18. The first-order chi connectivity index (χ1) is 14.1. The van der Waals surface area contributed by atoms with Crippen molar-refractivity contribution in [1.29, 1.82) is 0 Å². The summed E-state index contributed by atoms with van der Waals surface area (Å²) >= 11 is 1.43. The van der Waals surface area contributed by atoms with E-state index in [1.807, 2.05) is 29.7 Å². The number of ether oxygens (including phenoxy) is 1. The minimum absolute atomic E-state index is 0.0303. The maximum atomic E-state index is 12.3. The lowest BCUT2D eigenvalue weighted by atomic mass is 10.0. The van der Waals surface area contributed by atoms with Gasteiger partial charge in [-0.1, -0.05) is 12.2 Å². The van der Waals surface area contributed by atoms with E-state index in [9.17, 15) is 9.59 Å². The third-order valence-corrected chi connectivity index (χ3v) is 6.21. The standard InChI is InChI=1S/C21H23N3O4S/c1-28-17-7-6-16-18(15-8-11-29-19(15)20(25)23-16)14(17)5-3-10-24-9-2-4-13(12-24)22-21(26)27/h3,5-8,11,13,22H,2,4,9-10,12H2,1H3,(H,23,25)(H,26,27)/b5-3+.